The van der Waals surface area contributed by atoms with Crippen LogP contribution >= 0.6 is 0 Å². The number of nitrogens with zero attached hydrogens (tertiary/aromatic N) is 1. The van der Waals surface area contributed by atoms with Crippen molar-refractivity contribution in [2.75, 3.05) is 0 Å². The molecule has 5 atom stereocenters. The largest absolute Gasteiger partial charge is 0.481 e. The van der Waals surface area contributed by atoms with E-state index < -0.39 is 65.8 Å². The zero-order valence-electron chi connectivity index (χ0n) is 19.1. The summed E-state index contributed by atoms with van der Waals surface area (Å²) in [6.45, 7) is 4.40. The van der Waals surface area contributed by atoms with Gasteiger partial charge in [-0.15, -0.1) is 0 Å². The smallest absolute Gasteiger partial charge is 0.326 e. The van der Waals surface area contributed by atoms with E-state index >= 15 is 0 Å². The molecule has 0 fully saturated rings. The number of nitrogens with one attached hydrogen (secondary N) is 4. The molecule has 1 aromatic rings. The van der Waals surface area contributed by atoms with Crippen molar-refractivity contribution < 1.29 is 39.3 Å². The first-order chi connectivity index (χ1) is 15.8. The fourth-order valence-corrected chi connectivity index (χ4v) is 2.93. The van der Waals surface area contributed by atoms with Gasteiger partial charge in [0.05, 0.1) is 18.5 Å². The van der Waals surface area contributed by atoms with Gasteiger partial charge >= 0.3 is 11.9 Å². The van der Waals surface area contributed by atoms with E-state index in [2.05, 4.69) is 25.9 Å². The predicted molar refractivity (Wildman–Crippen MR) is 117 cm³/mol. The van der Waals surface area contributed by atoms with E-state index in [-0.39, 0.29) is 19.3 Å². The van der Waals surface area contributed by atoms with Crippen LogP contribution < -0.4 is 21.7 Å². The van der Waals surface area contributed by atoms with Gasteiger partial charge in [-0.25, -0.2) is 9.78 Å². The Morgan fingerprint density at radius 2 is 1.62 bits per heavy atom. The number of nitrogens with two attached hydrogens (primary N) is 1. The van der Waals surface area contributed by atoms with E-state index in [9.17, 15) is 34.2 Å². The average molecular weight is 485 g/mol. The summed E-state index contributed by atoms with van der Waals surface area (Å²) in [5.74, 6) is -5.45. The van der Waals surface area contributed by atoms with Crippen molar-refractivity contribution in [2.24, 2.45) is 11.7 Å². The number of aliphatic hydroxyl groups is 1. The standard InChI is InChI=1S/C20H32N6O8/c1-9(2)15(20(33)34)25-19(32)16(10(3)27)26-18(31)13(6-11-7-22-8-23-11)24-17(30)12(21)4-5-14(28)29/h7-10,12-13,15-16,27H,4-6,21H2,1-3H3,(H,22,23)(H,24,30)(H,25,32)(H,26,31)(H,28,29)(H,33,34). The highest BCUT2D eigenvalue weighted by molar-refractivity contribution is 5.94. The summed E-state index contributed by atoms with van der Waals surface area (Å²) >= 11 is 0. The quantitative estimate of drug-likeness (QED) is 0.141. The molecule has 0 aliphatic rings. The van der Waals surface area contributed by atoms with Crippen LogP contribution in [0.4, 0.5) is 0 Å². The van der Waals surface area contributed by atoms with Gasteiger partial charge in [-0.2, -0.15) is 0 Å². The molecule has 0 radical (unpaired) electrons. The van der Waals surface area contributed by atoms with Crippen LogP contribution in [-0.4, -0.2) is 85.2 Å². The maximum atomic E-state index is 13.0. The molecule has 0 aliphatic heterocycles. The zero-order chi connectivity index (χ0) is 26.0. The summed E-state index contributed by atoms with van der Waals surface area (Å²) < 4.78 is 0. The van der Waals surface area contributed by atoms with Gasteiger partial charge in [0.25, 0.3) is 0 Å². The average Bonchev–Trinajstić information content (AvgIpc) is 3.25. The first kappa shape index (κ1) is 28.5. The Morgan fingerprint density at radius 3 is 2.09 bits per heavy atom. The van der Waals surface area contributed by atoms with Gasteiger partial charge in [-0.05, 0) is 19.3 Å². The topological polar surface area (TPSA) is 237 Å². The molecule has 34 heavy (non-hydrogen) atoms. The van der Waals surface area contributed by atoms with Gasteiger partial charge in [0, 0.05) is 24.7 Å². The van der Waals surface area contributed by atoms with Crippen molar-refractivity contribution in [3.05, 3.63) is 18.2 Å². The molecule has 14 heteroatoms. The minimum Gasteiger partial charge on any atom is -0.481 e. The van der Waals surface area contributed by atoms with Crippen LogP contribution in [0, 0.1) is 5.92 Å². The van der Waals surface area contributed by atoms with Crippen molar-refractivity contribution >= 4 is 29.7 Å². The highest BCUT2D eigenvalue weighted by atomic mass is 16.4. The number of aromatic amines is 1. The van der Waals surface area contributed by atoms with Crippen LogP contribution in [0.2, 0.25) is 0 Å². The summed E-state index contributed by atoms with van der Waals surface area (Å²) in [7, 11) is 0. The maximum Gasteiger partial charge on any atom is 0.326 e. The van der Waals surface area contributed by atoms with Gasteiger partial charge in [0.15, 0.2) is 0 Å². The first-order valence-corrected chi connectivity index (χ1v) is 10.6. The third-order valence-electron chi connectivity index (χ3n) is 4.91. The second kappa shape index (κ2) is 13.3. The van der Waals surface area contributed by atoms with E-state index in [1.165, 1.54) is 19.4 Å². The Labute approximate surface area is 195 Å². The maximum absolute atomic E-state index is 13.0. The number of carbonyl (C=O) groups is 5. The molecule has 5 unspecified atom stereocenters. The number of aromatic nitrogens is 2. The van der Waals surface area contributed by atoms with E-state index in [4.69, 9.17) is 10.8 Å². The van der Waals surface area contributed by atoms with Crippen molar-refractivity contribution in [1.29, 1.82) is 0 Å². The third-order valence-corrected chi connectivity index (χ3v) is 4.91. The Balaban J connectivity index is 3.00. The van der Waals surface area contributed by atoms with Gasteiger partial charge in [-0.1, -0.05) is 13.8 Å². The molecule has 1 aromatic heterocycles. The number of H-pyrrole nitrogens is 1. The molecule has 9 N–H and O–H groups in total. The fourth-order valence-electron chi connectivity index (χ4n) is 2.93. The molecule has 0 bridgehead atoms. The van der Waals surface area contributed by atoms with Crippen molar-refractivity contribution in [2.45, 2.75) is 70.3 Å². The molecule has 0 aliphatic carbocycles. The Morgan fingerprint density at radius 1 is 1.00 bits per heavy atom. The van der Waals surface area contributed by atoms with Crippen LogP contribution in [0.25, 0.3) is 0 Å². The van der Waals surface area contributed by atoms with E-state index in [1.807, 2.05) is 0 Å². The highest BCUT2D eigenvalue weighted by Crippen LogP contribution is 2.06. The van der Waals surface area contributed by atoms with Gasteiger partial charge in [-0.3, -0.25) is 19.2 Å². The number of hydrogen-bond donors (Lipinski definition) is 8. The summed E-state index contributed by atoms with van der Waals surface area (Å²) in [5.41, 5.74) is 6.17. The number of rotatable bonds is 14. The Bertz CT molecular complexity index is 857. The number of carboxylic acids is 2. The van der Waals surface area contributed by atoms with Gasteiger partial charge in [0.1, 0.15) is 18.1 Å². The lowest BCUT2D eigenvalue weighted by Gasteiger charge is -2.27. The molecule has 1 rings (SSSR count). The zero-order valence-corrected chi connectivity index (χ0v) is 19.1. The third kappa shape index (κ3) is 9.15. The molecule has 0 aromatic carbocycles. The molecule has 3 amide bonds. The molecule has 190 valence electrons. The number of aliphatic carboxylic acids is 2. The first-order valence-electron chi connectivity index (χ1n) is 10.6. The minimum atomic E-state index is -1.52. The molecular weight excluding hydrogens is 452 g/mol. The van der Waals surface area contributed by atoms with Gasteiger partial charge < -0.3 is 42.0 Å². The monoisotopic (exact) mass is 484 g/mol. The molecule has 0 spiro atoms. The summed E-state index contributed by atoms with van der Waals surface area (Å²) in [6, 6.07) is -5.24. The highest BCUT2D eigenvalue weighted by Gasteiger charge is 2.33. The lowest BCUT2D eigenvalue weighted by atomic mass is 10.0. The normalized spacial score (nSPS) is 15.5. The minimum absolute atomic E-state index is 0.0822. The molecule has 0 saturated carbocycles. The number of carboxylic acid groups (broad SMARTS) is 2. The van der Waals surface area contributed by atoms with Crippen LogP contribution in [0.15, 0.2) is 12.5 Å². The number of imidazole rings is 1. The van der Waals surface area contributed by atoms with Crippen molar-refractivity contribution in [3.8, 4) is 0 Å². The number of carbonyl (C=O) groups excluding carboxylic acids is 3. The van der Waals surface area contributed by atoms with Crippen molar-refractivity contribution in [3.63, 3.8) is 0 Å². The summed E-state index contributed by atoms with van der Waals surface area (Å²) in [4.78, 5) is 66.7. The Hall–Kier alpha value is -3.52. The molecular formula is C20H32N6O8. The molecule has 14 nitrogen and oxygen atoms in total. The summed E-state index contributed by atoms with van der Waals surface area (Å²) in [5, 5.41) is 35.1. The lowest BCUT2D eigenvalue weighted by molar-refractivity contribution is -0.144. The Kier molecular flexibility index (Phi) is 11.1. The van der Waals surface area contributed by atoms with E-state index in [0.717, 1.165) is 0 Å². The number of aliphatic hydroxyl groups excluding tert-OH is 1. The lowest BCUT2D eigenvalue weighted by Crippen LogP contribution is -2.60. The van der Waals surface area contributed by atoms with Crippen LogP contribution in [0.1, 0.15) is 39.3 Å². The SMILES string of the molecule is CC(C)C(NC(=O)C(NC(=O)C(Cc1cnc[nH]1)NC(=O)C(N)CCC(=O)O)C(C)O)C(=O)O. The molecule has 1 heterocycles. The van der Waals surface area contributed by atoms with Crippen LogP contribution in [0.3, 0.4) is 0 Å². The summed E-state index contributed by atoms with van der Waals surface area (Å²) in [6.07, 6.45) is 0.777. The number of hydrogen-bond acceptors (Lipinski definition) is 8. The fraction of sp³-hybridized carbons (Fsp3) is 0.600. The molecule has 0 saturated heterocycles. The van der Waals surface area contributed by atoms with Crippen LogP contribution in [0.5, 0.6) is 0 Å². The van der Waals surface area contributed by atoms with E-state index in [0.29, 0.717) is 5.69 Å². The second-order valence-electron chi connectivity index (χ2n) is 8.18. The second-order valence-corrected chi connectivity index (χ2v) is 8.18. The van der Waals surface area contributed by atoms with Gasteiger partial charge in [0.2, 0.25) is 17.7 Å². The van der Waals surface area contributed by atoms with Crippen molar-refractivity contribution in [1.82, 2.24) is 25.9 Å². The number of amides is 3. The predicted octanol–water partition coefficient (Wildman–Crippen LogP) is -2.28. The van der Waals surface area contributed by atoms with Crippen LogP contribution in [-0.2, 0) is 30.4 Å². The van der Waals surface area contributed by atoms with E-state index in [1.54, 1.807) is 13.8 Å².